The third kappa shape index (κ3) is 4.10. The summed E-state index contributed by atoms with van der Waals surface area (Å²) in [5.74, 6) is 0.0571. The van der Waals surface area contributed by atoms with Crippen molar-refractivity contribution >= 4 is 5.91 Å². The van der Waals surface area contributed by atoms with E-state index in [1.807, 2.05) is 23.0 Å². The average Bonchev–Trinajstić information content (AvgIpc) is 3.13. The van der Waals surface area contributed by atoms with Gasteiger partial charge in [-0.3, -0.25) is 9.48 Å². The molecule has 0 unspecified atom stereocenters. The van der Waals surface area contributed by atoms with E-state index in [1.165, 1.54) is 12.0 Å². The highest BCUT2D eigenvalue weighted by molar-refractivity contribution is 5.78. The lowest BCUT2D eigenvalue weighted by molar-refractivity contribution is -0.120. The van der Waals surface area contributed by atoms with Crippen LogP contribution in [-0.4, -0.2) is 34.8 Å². The molecule has 1 aliphatic carbocycles. The summed E-state index contributed by atoms with van der Waals surface area (Å²) < 4.78 is 1.91. The van der Waals surface area contributed by atoms with Crippen LogP contribution in [0.2, 0.25) is 0 Å². The molecule has 1 aromatic heterocycles. The first-order valence-electron chi connectivity index (χ1n) is 9.15. The van der Waals surface area contributed by atoms with Gasteiger partial charge in [0.25, 0.3) is 0 Å². The quantitative estimate of drug-likeness (QED) is 0.777. The Labute approximate surface area is 149 Å². The lowest BCUT2D eigenvalue weighted by Gasteiger charge is -2.42. The Bertz CT molecular complexity index is 664. The molecule has 1 aliphatic rings. The topological polar surface area (TPSA) is 59.0 Å². The van der Waals surface area contributed by atoms with Crippen molar-refractivity contribution in [1.82, 2.24) is 20.4 Å². The molecule has 2 N–H and O–H groups in total. The maximum absolute atomic E-state index is 12.3. The van der Waals surface area contributed by atoms with Crippen LogP contribution in [0.5, 0.6) is 0 Å². The zero-order valence-electron chi connectivity index (χ0n) is 15.1. The Kier molecular flexibility index (Phi) is 5.53. The molecular formula is C20H28N4O. The Morgan fingerprint density at radius 3 is 2.60 bits per heavy atom. The molecular weight excluding hydrogens is 312 g/mol. The third-order valence-electron chi connectivity index (χ3n) is 5.57. The highest BCUT2D eigenvalue weighted by atomic mass is 16.1. The number of benzene rings is 1. The van der Waals surface area contributed by atoms with Gasteiger partial charge in [-0.05, 0) is 38.3 Å². The highest BCUT2D eigenvalue weighted by Gasteiger charge is 2.38. The number of amides is 1. The Hall–Kier alpha value is -2.14. The first-order chi connectivity index (χ1) is 12.1. The lowest BCUT2D eigenvalue weighted by Crippen LogP contribution is -2.48. The van der Waals surface area contributed by atoms with Gasteiger partial charge in [-0.25, -0.2) is 0 Å². The molecule has 0 aliphatic heterocycles. The Balaban J connectivity index is 1.46. The van der Waals surface area contributed by atoms with Crippen LogP contribution in [0.1, 0.15) is 44.7 Å². The monoisotopic (exact) mass is 340 g/mol. The van der Waals surface area contributed by atoms with E-state index in [1.54, 1.807) is 6.20 Å². The van der Waals surface area contributed by atoms with Crippen LogP contribution in [0.4, 0.5) is 0 Å². The molecule has 2 atom stereocenters. The molecule has 5 heteroatoms. The first kappa shape index (κ1) is 17.7. The van der Waals surface area contributed by atoms with Gasteiger partial charge in [0.15, 0.2) is 0 Å². The summed E-state index contributed by atoms with van der Waals surface area (Å²) in [4.78, 5) is 12.3. The maximum Gasteiger partial charge on any atom is 0.233 e. The van der Waals surface area contributed by atoms with Gasteiger partial charge in [-0.1, -0.05) is 36.8 Å². The fraction of sp³-hybridized carbons (Fsp3) is 0.500. The maximum atomic E-state index is 12.3. The van der Waals surface area contributed by atoms with Gasteiger partial charge in [0.1, 0.15) is 0 Å². The van der Waals surface area contributed by atoms with E-state index in [9.17, 15) is 4.79 Å². The summed E-state index contributed by atoms with van der Waals surface area (Å²) in [6.07, 6.45) is 7.26. The number of rotatable bonds is 8. The molecule has 2 aromatic rings. The molecule has 1 amide bonds. The fourth-order valence-electron chi connectivity index (χ4n) is 3.47. The number of aromatic nitrogens is 2. The molecule has 25 heavy (non-hydrogen) atoms. The van der Waals surface area contributed by atoms with Gasteiger partial charge in [0, 0.05) is 30.4 Å². The van der Waals surface area contributed by atoms with Gasteiger partial charge >= 0.3 is 0 Å². The van der Waals surface area contributed by atoms with E-state index < -0.39 is 0 Å². The summed E-state index contributed by atoms with van der Waals surface area (Å²) in [5.41, 5.74) is 1.47. The minimum atomic E-state index is 0.0571. The van der Waals surface area contributed by atoms with Gasteiger partial charge < -0.3 is 10.6 Å². The van der Waals surface area contributed by atoms with Crippen LogP contribution < -0.4 is 10.6 Å². The predicted octanol–water partition coefficient (Wildman–Crippen LogP) is 2.66. The number of nitrogens with one attached hydrogen (secondary N) is 2. The van der Waals surface area contributed by atoms with Gasteiger partial charge in [-0.15, -0.1) is 0 Å². The van der Waals surface area contributed by atoms with Crippen molar-refractivity contribution in [3.63, 3.8) is 0 Å². The van der Waals surface area contributed by atoms with Crippen LogP contribution in [0.3, 0.4) is 0 Å². The molecule has 1 fully saturated rings. The van der Waals surface area contributed by atoms with Crippen molar-refractivity contribution in [2.75, 3.05) is 13.1 Å². The second kappa shape index (κ2) is 7.83. The number of hydrogen-bond acceptors (Lipinski definition) is 3. The van der Waals surface area contributed by atoms with E-state index in [2.05, 4.69) is 53.8 Å². The van der Waals surface area contributed by atoms with Crippen LogP contribution in [0.15, 0.2) is 48.8 Å². The number of carbonyl (C=O) groups is 1. The number of nitrogens with zero attached hydrogens (tertiary/aromatic N) is 2. The Morgan fingerprint density at radius 2 is 2.00 bits per heavy atom. The van der Waals surface area contributed by atoms with Crippen molar-refractivity contribution in [1.29, 1.82) is 0 Å². The summed E-state index contributed by atoms with van der Waals surface area (Å²) in [6.45, 7) is 5.23. The minimum absolute atomic E-state index is 0.0571. The molecule has 1 aromatic carbocycles. The van der Waals surface area contributed by atoms with E-state index in [4.69, 9.17) is 0 Å². The smallest absolute Gasteiger partial charge is 0.233 e. The van der Waals surface area contributed by atoms with Crippen molar-refractivity contribution in [2.24, 2.45) is 0 Å². The van der Waals surface area contributed by atoms with Crippen molar-refractivity contribution in [2.45, 2.75) is 50.6 Å². The zero-order valence-corrected chi connectivity index (χ0v) is 15.1. The average molecular weight is 340 g/mol. The highest BCUT2D eigenvalue weighted by Crippen LogP contribution is 2.43. The largest absolute Gasteiger partial charge is 0.354 e. The molecule has 0 saturated heterocycles. The van der Waals surface area contributed by atoms with Crippen LogP contribution in [0, 0.1) is 0 Å². The van der Waals surface area contributed by atoms with E-state index in [0.29, 0.717) is 6.54 Å². The number of hydrogen-bond donors (Lipinski definition) is 2. The van der Waals surface area contributed by atoms with Crippen LogP contribution >= 0.6 is 0 Å². The summed E-state index contributed by atoms with van der Waals surface area (Å²) >= 11 is 0. The Morgan fingerprint density at radius 1 is 1.24 bits per heavy atom. The standard InChI is InChI=1S/C20H28N4O/c1-16(17(2)24-13-7-12-23-24)21-14-19(25)22-15-20(10-6-11-20)18-8-4-3-5-9-18/h3-5,7-9,12-13,16-17,21H,6,10-11,14-15H2,1-2H3,(H,22,25)/t16-,17+/m0/s1. The van der Waals surface area contributed by atoms with E-state index in [0.717, 1.165) is 19.4 Å². The zero-order chi connectivity index (χ0) is 17.7. The first-order valence-corrected chi connectivity index (χ1v) is 9.15. The molecule has 0 bridgehead atoms. The summed E-state index contributed by atoms with van der Waals surface area (Å²) in [5, 5.41) is 10.7. The summed E-state index contributed by atoms with van der Waals surface area (Å²) in [6, 6.07) is 12.8. The molecule has 0 spiro atoms. The van der Waals surface area contributed by atoms with Crippen molar-refractivity contribution < 1.29 is 4.79 Å². The SMILES string of the molecule is C[C@H](NCC(=O)NCC1(c2ccccc2)CCC1)[C@@H](C)n1cccn1. The van der Waals surface area contributed by atoms with Crippen molar-refractivity contribution in [3.8, 4) is 0 Å². The molecule has 3 rings (SSSR count). The summed E-state index contributed by atoms with van der Waals surface area (Å²) in [7, 11) is 0. The van der Waals surface area contributed by atoms with E-state index >= 15 is 0 Å². The molecule has 0 radical (unpaired) electrons. The second-order valence-corrected chi connectivity index (χ2v) is 7.17. The molecule has 1 heterocycles. The van der Waals surface area contributed by atoms with E-state index in [-0.39, 0.29) is 23.4 Å². The normalized spacial score (nSPS) is 18.2. The minimum Gasteiger partial charge on any atom is -0.354 e. The fourth-order valence-corrected chi connectivity index (χ4v) is 3.47. The van der Waals surface area contributed by atoms with Crippen molar-refractivity contribution in [3.05, 3.63) is 54.4 Å². The molecule has 1 saturated carbocycles. The van der Waals surface area contributed by atoms with Crippen LogP contribution in [-0.2, 0) is 10.2 Å². The third-order valence-corrected chi connectivity index (χ3v) is 5.57. The van der Waals surface area contributed by atoms with Gasteiger partial charge in [-0.2, -0.15) is 5.10 Å². The van der Waals surface area contributed by atoms with Gasteiger partial charge in [0.2, 0.25) is 5.91 Å². The predicted molar refractivity (Wildman–Crippen MR) is 99.4 cm³/mol. The molecule has 134 valence electrons. The lowest BCUT2D eigenvalue weighted by atomic mass is 9.64. The second-order valence-electron chi connectivity index (χ2n) is 7.17. The molecule has 5 nitrogen and oxygen atoms in total. The van der Waals surface area contributed by atoms with Gasteiger partial charge in [0.05, 0.1) is 12.6 Å². The number of carbonyl (C=O) groups excluding carboxylic acids is 1. The van der Waals surface area contributed by atoms with Crippen LogP contribution in [0.25, 0.3) is 0 Å².